The Hall–Kier alpha value is -2.24. The van der Waals surface area contributed by atoms with Gasteiger partial charge in [-0.25, -0.2) is 0 Å². The van der Waals surface area contributed by atoms with Gasteiger partial charge >= 0.3 is 0 Å². The standard InChI is InChI=1S/C18H30N4O2/c1-6-20-17(21-14-18(2,3)16(23)19-4)22(5)12-13-24-15-10-8-7-9-11-15/h7-11H,6,12-14H2,1-5H3,(H,19,23)(H,20,21). The van der Waals surface area contributed by atoms with Crippen LogP contribution in [0.15, 0.2) is 35.3 Å². The van der Waals surface area contributed by atoms with Crippen molar-refractivity contribution >= 4 is 11.9 Å². The van der Waals surface area contributed by atoms with E-state index in [9.17, 15) is 4.79 Å². The number of hydrogen-bond acceptors (Lipinski definition) is 3. The van der Waals surface area contributed by atoms with Crippen LogP contribution in [-0.2, 0) is 4.79 Å². The smallest absolute Gasteiger partial charge is 0.227 e. The van der Waals surface area contributed by atoms with Gasteiger partial charge in [0.15, 0.2) is 5.96 Å². The molecule has 1 aromatic carbocycles. The Morgan fingerprint density at radius 2 is 1.96 bits per heavy atom. The van der Waals surface area contributed by atoms with Gasteiger partial charge < -0.3 is 20.3 Å². The number of benzene rings is 1. The van der Waals surface area contributed by atoms with Crippen LogP contribution in [-0.4, -0.2) is 57.1 Å². The average molecular weight is 334 g/mol. The molecule has 6 heteroatoms. The van der Waals surface area contributed by atoms with Gasteiger partial charge in [0.1, 0.15) is 12.4 Å². The zero-order chi connectivity index (χ0) is 18.0. The van der Waals surface area contributed by atoms with E-state index < -0.39 is 5.41 Å². The van der Waals surface area contributed by atoms with E-state index in [1.165, 1.54) is 0 Å². The summed E-state index contributed by atoms with van der Waals surface area (Å²) in [6.07, 6.45) is 0. The fourth-order valence-corrected chi connectivity index (χ4v) is 2.08. The fourth-order valence-electron chi connectivity index (χ4n) is 2.08. The summed E-state index contributed by atoms with van der Waals surface area (Å²) in [5.41, 5.74) is -0.545. The third-order valence-corrected chi connectivity index (χ3v) is 3.60. The van der Waals surface area contributed by atoms with E-state index >= 15 is 0 Å². The maximum absolute atomic E-state index is 11.9. The third-order valence-electron chi connectivity index (χ3n) is 3.60. The van der Waals surface area contributed by atoms with E-state index in [-0.39, 0.29) is 5.91 Å². The molecule has 1 amide bonds. The van der Waals surface area contributed by atoms with Crippen molar-refractivity contribution in [3.63, 3.8) is 0 Å². The summed E-state index contributed by atoms with van der Waals surface area (Å²) in [6.45, 7) is 8.23. The van der Waals surface area contributed by atoms with E-state index in [0.717, 1.165) is 18.3 Å². The first-order valence-corrected chi connectivity index (χ1v) is 8.30. The zero-order valence-electron chi connectivity index (χ0n) is 15.4. The maximum Gasteiger partial charge on any atom is 0.227 e. The van der Waals surface area contributed by atoms with Gasteiger partial charge in [0, 0.05) is 20.6 Å². The summed E-state index contributed by atoms with van der Waals surface area (Å²) in [7, 11) is 3.61. The van der Waals surface area contributed by atoms with E-state index in [2.05, 4.69) is 15.6 Å². The molecule has 0 aromatic heterocycles. The lowest BCUT2D eigenvalue weighted by Crippen LogP contribution is -2.43. The van der Waals surface area contributed by atoms with Crippen LogP contribution >= 0.6 is 0 Å². The Bertz CT molecular complexity index is 529. The molecule has 0 aliphatic rings. The van der Waals surface area contributed by atoms with Crippen molar-refractivity contribution < 1.29 is 9.53 Å². The molecule has 0 atom stereocenters. The maximum atomic E-state index is 11.9. The molecule has 6 nitrogen and oxygen atoms in total. The number of guanidine groups is 1. The van der Waals surface area contributed by atoms with Crippen LogP contribution in [0.1, 0.15) is 20.8 Å². The number of carbonyl (C=O) groups is 1. The number of aliphatic imine (C=N–C) groups is 1. The summed E-state index contributed by atoms with van der Waals surface area (Å²) < 4.78 is 5.72. The number of rotatable bonds is 8. The zero-order valence-corrected chi connectivity index (χ0v) is 15.4. The Kier molecular flexibility index (Phi) is 8.09. The molecule has 0 aliphatic carbocycles. The average Bonchev–Trinajstić information content (AvgIpc) is 2.58. The van der Waals surface area contributed by atoms with Gasteiger partial charge in [-0.2, -0.15) is 0 Å². The number of likely N-dealkylation sites (N-methyl/N-ethyl adjacent to an activating group) is 1. The lowest BCUT2D eigenvalue weighted by Gasteiger charge is -2.25. The number of nitrogens with one attached hydrogen (secondary N) is 2. The number of carbonyl (C=O) groups excluding carboxylic acids is 1. The van der Waals surface area contributed by atoms with E-state index in [0.29, 0.717) is 19.7 Å². The van der Waals surface area contributed by atoms with Crippen LogP contribution in [0.4, 0.5) is 0 Å². The molecule has 0 heterocycles. The number of hydrogen-bond donors (Lipinski definition) is 2. The highest BCUT2D eigenvalue weighted by Gasteiger charge is 2.26. The molecular weight excluding hydrogens is 304 g/mol. The van der Waals surface area contributed by atoms with Gasteiger partial charge in [-0.15, -0.1) is 0 Å². The Balaban J connectivity index is 2.59. The van der Waals surface area contributed by atoms with Crippen LogP contribution in [0.25, 0.3) is 0 Å². The molecule has 134 valence electrons. The van der Waals surface area contributed by atoms with Gasteiger partial charge in [0.25, 0.3) is 0 Å². The predicted octanol–water partition coefficient (Wildman–Crippen LogP) is 1.73. The van der Waals surface area contributed by atoms with Gasteiger partial charge in [0.2, 0.25) is 5.91 Å². The first-order valence-electron chi connectivity index (χ1n) is 8.30. The normalized spacial score (nSPS) is 11.8. The van der Waals surface area contributed by atoms with Crippen LogP contribution in [0.5, 0.6) is 5.75 Å². The first kappa shape index (κ1) is 19.8. The van der Waals surface area contributed by atoms with Gasteiger partial charge in [0.05, 0.1) is 18.5 Å². The lowest BCUT2D eigenvalue weighted by molar-refractivity contribution is -0.128. The molecule has 2 N–H and O–H groups in total. The minimum absolute atomic E-state index is 0.0165. The topological polar surface area (TPSA) is 66.0 Å². The summed E-state index contributed by atoms with van der Waals surface area (Å²) in [5.74, 6) is 1.61. The number of ether oxygens (including phenoxy) is 1. The van der Waals surface area contributed by atoms with Gasteiger partial charge in [-0.1, -0.05) is 18.2 Å². The van der Waals surface area contributed by atoms with Gasteiger partial charge in [-0.05, 0) is 32.9 Å². The Labute approximate surface area is 145 Å². The van der Waals surface area contributed by atoms with E-state index in [4.69, 9.17) is 4.74 Å². The van der Waals surface area contributed by atoms with Crippen LogP contribution in [0.3, 0.4) is 0 Å². The molecule has 0 spiro atoms. The Morgan fingerprint density at radius 1 is 1.29 bits per heavy atom. The predicted molar refractivity (Wildman–Crippen MR) is 98.4 cm³/mol. The fraction of sp³-hybridized carbons (Fsp3) is 0.556. The monoisotopic (exact) mass is 334 g/mol. The summed E-state index contributed by atoms with van der Waals surface area (Å²) in [4.78, 5) is 18.5. The first-order chi connectivity index (χ1) is 11.4. The quantitative estimate of drug-likeness (QED) is 0.561. The van der Waals surface area contributed by atoms with Crippen molar-refractivity contribution in [3.8, 4) is 5.75 Å². The lowest BCUT2D eigenvalue weighted by atomic mass is 9.93. The van der Waals surface area contributed by atoms with Crippen LogP contribution < -0.4 is 15.4 Å². The van der Waals surface area contributed by atoms with Gasteiger partial charge in [-0.3, -0.25) is 9.79 Å². The summed E-state index contributed by atoms with van der Waals surface area (Å²) in [6, 6.07) is 9.73. The molecule has 1 rings (SSSR count). The number of nitrogens with zero attached hydrogens (tertiary/aromatic N) is 2. The van der Waals surface area contributed by atoms with Crippen molar-refractivity contribution in [2.75, 3.05) is 40.3 Å². The van der Waals surface area contributed by atoms with Crippen molar-refractivity contribution in [1.82, 2.24) is 15.5 Å². The molecule has 0 saturated carbocycles. The molecule has 0 bridgehead atoms. The van der Waals surface area contributed by atoms with E-state index in [1.54, 1.807) is 7.05 Å². The van der Waals surface area contributed by atoms with Crippen LogP contribution in [0, 0.1) is 5.41 Å². The highest BCUT2D eigenvalue weighted by molar-refractivity contribution is 5.83. The summed E-state index contributed by atoms with van der Waals surface area (Å²) >= 11 is 0. The minimum Gasteiger partial charge on any atom is -0.492 e. The second-order valence-electron chi connectivity index (χ2n) is 6.22. The van der Waals surface area contributed by atoms with Crippen molar-refractivity contribution in [1.29, 1.82) is 0 Å². The molecule has 0 radical (unpaired) electrons. The molecule has 0 fully saturated rings. The highest BCUT2D eigenvalue weighted by atomic mass is 16.5. The molecule has 24 heavy (non-hydrogen) atoms. The Morgan fingerprint density at radius 3 is 2.54 bits per heavy atom. The van der Waals surface area contributed by atoms with Crippen molar-refractivity contribution in [3.05, 3.63) is 30.3 Å². The highest BCUT2D eigenvalue weighted by Crippen LogP contribution is 2.15. The number of amides is 1. The molecule has 1 aromatic rings. The minimum atomic E-state index is -0.545. The summed E-state index contributed by atoms with van der Waals surface area (Å²) in [5, 5.41) is 5.93. The molecular formula is C18H30N4O2. The molecule has 0 aliphatic heterocycles. The number of para-hydroxylation sites is 1. The SMILES string of the molecule is CCNC(=NCC(C)(C)C(=O)NC)N(C)CCOc1ccccc1. The third kappa shape index (κ3) is 6.48. The van der Waals surface area contributed by atoms with E-state index in [1.807, 2.05) is 63.1 Å². The van der Waals surface area contributed by atoms with Crippen molar-refractivity contribution in [2.45, 2.75) is 20.8 Å². The second-order valence-corrected chi connectivity index (χ2v) is 6.22. The van der Waals surface area contributed by atoms with Crippen LogP contribution in [0.2, 0.25) is 0 Å². The second kappa shape index (κ2) is 9.80. The van der Waals surface area contributed by atoms with Crippen molar-refractivity contribution in [2.24, 2.45) is 10.4 Å². The molecule has 0 unspecified atom stereocenters. The molecule has 0 saturated heterocycles. The largest absolute Gasteiger partial charge is 0.492 e.